The number of carbonyl (C=O) groups excluding carboxylic acids is 2. The fraction of sp³-hybridized carbons (Fsp3) is 0.333. The number of rotatable bonds is 4. The first-order chi connectivity index (χ1) is 12.5. The molecule has 1 aliphatic heterocycles. The van der Waals surface area contributed by atoms with E-state index in [0.29, 0.717) is 30.3 Å². The molecule has 8 heteroatoms. The van der Waals surface area contributed by atoms with Crippen molar-refractivity contribution in [3.8, 4) is 0 Å². The van der Waals surface area contributed by atoms with E-state index in [-0.39, 0.29) is 11.8 Å². The van der Waals surface area contributed by atoms with Gasteiger partial charge in [0.15, 0.2) is 0 Å². The second kappa shape index (κ2) is 7.92. The first-order valence-electron chi connectivity index (χ1n) is 8.46. The number of anilines is 3. The second-order valence-electron chi connectivity index (χ2n) is 6.27. The number of hydrogen-bond donors (Lipinski definition) is 2. The van der Waals surface area contributed by atoms with Crippen molar-refractivity contribution in [3.63, 3.8) is 0 Å². The molecule has 2 aromatic rings. The minimum atomic E-state index is -0.131. The van der Waals surface area contributed by atoms with Crippen LogP contribution in [0, 0.1) is 0 Å². The van der Waals surface area contributed by atoms with Crippen molar-refractivity contribution in [1.29, 1.82) is 0 Å². The molecule has 0 saturated carbocycles. The topological polar surface area (TPSA) is 90.5 Å². The van der Waals surface area contributed by atoms with Crippen LogP contribution in [0.5, 0.6) is 0 Å². The number of aromatic nitrogens is 2. The number of amides is 2. The molecule has 1 saturated heterocycles. The van der Waals surface area contributed by atoms with Crippen LogP contribution in [0.3, 0.4) is 0 Å². The molecule has 2 N–H and O–H groups in total. The second-order valence-corrected chi connectivity index (χ2v) is 6.27. The molecule has 1 aliphatic rings. The zero-order valence-electron chi connectivity index (χ0n) is 14.9. The Bertz CT molecular complexity index is 785. The lowest BCUT2D eigenvalue weighted by Gasteiger charge is -2.32. The van der Waals surface area contributed by atoms with E-state index in [9.17, 15) is 9.59 Å². The van der Waals surface area contributed by atoms with Gasteiger partial charge in [-0.05, 0) is 25.2 Å². The highest BCUT2D eigenvalue weighted by atomic mass is 16.2. The summed E-state index contributed by atoms with van der Waals surface area (Å²) in [7, 11) is 2.04. The summed E-state index contributed by atoms with van der Waals surface area (Å²) in [5.41, 5.74) is 1.80. The largest absolute Gasteiger partial charge is 0.339 e. The van der Waals surface area contributed by atoms with Crippen LogP contribution < -0.4 is 10.6 Å². The lowest BCUT2D eigenvalue weighted by molar-refractivity contribution is -0.114. The highest BCUT2D eigenvalue weighted by Gasteiger charge is 2.21. The molecule has 2 amide bonds. The van der Waals surface area contributed by atoms with Crippen molar-refractivity contribution < 1.29 is 9.59 Å². The van der Waals surface area contributed by atoms with Gasteiger partial charge in [0, 0.05) is 44.5 Å². The van der Waals surface area contributed by atoms with Gasteiger partial charge in [0.25, 0.3) is 5.91 Å². The van der Waals surface area contributed by atoms with Gasteiger partial charge in [0.05, 0.1) is 12.4 Å². The number of piperazine rings is 1. The maximum Gasteiger partial charge on any atom is 0.274 e. The molecule has 26 heavy (non-hydrogen) atoms. The van der Waals surface area contributed by atoms with Gasteiger partial charge in [-0.3, -0.25) is 9.59 Å². The zero-order valence-corrected chi connectivity index (χ0v) is 14.9. The minimum Gasteiger partial charge on any atom is -0.339 e. The Morgan fingerprint density at radius 1 is 1.04 bits per heavy atom. The molecular weight excluding hydrogens is 332 g/mol. The summed E-state index contributed by atoms with van der Waals surface area (Å²) in [5.74, 6) is 0.304. The monoisotopic (exact) mass is 354 g/mol. The molecule has 0 aliphatic carbocycles. The van der Waals surface area contributed by atoms with Crippen LogP contribution >= 0.6 is 0 Å². The molecule has 0 unspecified atom stereocenters. The molecule has 1 aromatic carbocycles. The Morgan fingerprint density at radius 3 is 2.42 bits per heavy atom. The molecule has 0 atom stereocenters. The molecule has 8 nitrogen and oxygen atoms in total. The summed E-state index contributed by atoms with van der Waals surface area (Å²) >= 11 is 0. The van der Waals surface area contributed by atoms with Gasteiger partial charge >= 0.3 is 0 Å². The van der Waals surface area contributed by atoms with E-state index in [4.69, 9.17) is 0 Å². The molecule has 3 rings (SSSR count). The predicted octanol–water partition coefficient (Wildman–Crippen LogP) is 1.57. The number of carbonyl (C=O) groups is 2. The Kier molecular flexibility index (Phi) is 5.43. The van der Waals surface area contributed by atoms with Gasteiger partial charge < -0.3 is 20.4 Å². The van der Waals surface area contributed by atoms with Crippen molar-refractivity contribution in [2.45, 2.75) is 6.92 Å². The van der Waals surface area contributed by atoms with Gasteiger partial charge in [0.1, 0.15) is 11.5 Å². The molecule has 2 heterocycles. The Labute approximate surface area is 152 Å². The van der Waals surface area contributed by atoms with E-state index >= 15 is 0 Å². The summed E-state index contributed by atoms with van der Waals surface area (Å²) in [5, 5.41) is 5.84. The quantitative estimate of drug-likeness (QED) is 0.866. The molecule has 0 radical (unpaired) electrons. The molecule has 0 spiro atoms. The third kappa shape index (κ3) is 4.54. The first kappa shape index (κ1) is 17.8. The van der Waals surface area contributed by atoms with E-state index < -0.39 is 0 Å². The summed E-state index contributed by atoms with van der Waals surface area (Å²) < 4.78 is 0. The third-order valence-electron chi connectivity index (χ3n) is 4.12. The predicted molar refractivity (Wildman–Crippen MR) is 99.5 cm³/mol. The molecule has 0 bridgehead atoms. The lowest BCUT2D eigenvalue weighted by atomic mass is 10.2. The number of nitrogens with zero attached hydrogens (tertiary/aromatic N) is 4. The van der Waals surface area contributed by atoms with Gasteiger partial charge in [-0.1, -0.05) is 6.07 Å². The van der Waals surface area contributed by atoms with Crippen LogP contribution in [0.25, 0.3) is 0 Å². The van der Waals surface area contributed by atoms with E-state index in [1.165, 1.54) is 19.3 Å². The van der Waals surface area contributed by atoms with Gasteiger partial charge in [-0.2, -0.15) is 0 Å². The number of nitrogens with one attached hydrogen (secondary N) is 2. The van der Waals surface area contributed by atoms with E-state index in [1.807, 2.05) is 19.2 Å². The molecule has 1 fully saturated rings. The van der Waals surface area contributed by atoms with Crippen molar-refractivity contribution in [2.24, 2.45) is 0 Å². The highest BCUT2D eigenvalue weighted by Crippen LogP contribution is 2.18. The summed E-state index contributed by atoms with van der Waals surface area (Å²) in [6.45, 7) is 4.59. The molecular formula is C18H22N6O2. The smallest absolute Gasteiger partial charge is 0.274 e. The van der Waals surface area contributed by atoms with Crippen LogP contribution in [-0.2, 0) is 4.79 Å². The Balaban J connectivity index is 1.64. The number of hydrogen-bond acceptors (Lipinski definition) is 6. The van der Waals surface area contributed by atoms with E-state index in [2.05, 4.69) is 25.5 Å². The van der Waals surface area contributed by atoms with Gasteiger partial charge in [-0.15, -0.1) is 0 Å². The number of likely N-dealkylation sites (N-methyl/N-ethyl adjacent to an activating group) is 1. The van der Waals surface area contributed by atoms with Crippen LogP contribution in [0.15, 0.2) is 36.7 Å². The van der Waals surface area contributed by atoms with Gasteiger partial charge in [0.2, 0.25) is 5.91 Å². The maximum absolute atomic E-state index is 12.5. The van der Waals surface area contributed by atoms with E-state index in [1.54, 1.807) is 17.0 Å². The SMILES string of the molecule is CC(=O)Nc1cccc(Nc2cnc(C(=O)N3CCN(C)CC3)cn2)c1. The average molecular weight is 354 g/mol. The lowest BCUT2D eigenvalue weighted by Crippen LogP contribution is -2.47. The average Bonchev–Trinajstić information content (AvgIpc) is 2.62. The van der Waals surface area contributed by atoms with Crippen LogP contribution in [0.1, 0.15) is 17.4 Å². The van der Waals surface area contributed by atoms with Gasteiger partial charge in [-0.25, -0.2) is 9.97 Å². The summed E-state index contributed by atoms with van der Waals surface area (Å²) in [6.07, 6.45) is 3.02. The number of benzene rings is 1. The maximum atomic E-state index is 12.5. The Morgan fingerprint density at radius 2 is 1.77 bits per heavy atom. The normalized spacial score (nSPS) is 14.8. The van der Waals surface area contributed by atoms with Crippen molar-refractivity contribution in [1.82, 2.24) is 19.8 Å². The standard InChI is InChI=1S/C18H22N6O2/c1-13(25)21-14-4-3-5-15(10-14)22-17-12-19-16(11-20-17)18(26)24-8-6-23(2)7-9-24/h3-5,10-12H,6-9H2,1-2H3,(H,20,22)(H,21,25). The third-order valence-corrected chi connectivity index (χ3v) is 4.12. The van der Waals surface area contributed by atoms with Crippen LogP contribution in [0.2, 0.25) is 0 Å². The summed E-state index contributed by atoms with van der Waals surface area (Å²) in [4.78, 5) is 36.1. The van der Waals surface area contributed by atoms with Crippen LogP contribution in [0.4, 0.5) is 17.2 Å². The fourth-order valence-electron chi connectivity index (χ4n) is 2.70. The van der Waals surface area contributed by atoms with Crippen LogP contribution in [-0.4, -0.2) is 64.8 Å². The summed E-state index contributed by atoms with van der Waals surface area (Å²) in [6, 6.07) is 7.28. The van der Waals surface area contributed by atoms with Crippen molar-refractivity contribution in [3.05, 3.63) is 42.4 Å². The molecule has 136 valence electrons. The fourth-order valence-corrected chi connectivity index (χ4v) is 2.70. The minimum absolute atomic E-state index is 0.0928. The Hall–Kier alpha value is -3.00. The van der Waals surface area contributed by atoms with Crippen molar-refractivity contribution in [2.75, 3.05) is 43.9 Å². The van der Waals surface area contributed by atoms with Crippen molar-refractivity contribution >= 4 is 29.0 Å². The highest BCUT2D eigenvalue weighted by molar-refractivity contribution is 5.92. The van der Waals surface area contributed by atoms with E-state index in [0.717, 1.165) is 18.8 Å². The molecule has 1 aromatic heterocycles. The zero-order chi connectivity index (χ0) is 18.5. The first-order valence-corrected chi connectivity index (χ1v) is 8.46.